The van der Waals surface area contributed by atoms with Crippen LogP contribution in [0.3, 0.4) is 0 Å². The Morgan fingerprint density at radius 2 is 1.45 bits per heavy atom. The van der Waals surface area contributed by atoms with Crippen LogP contribution in [0.1, 0.15) is 31.8 Å². The summed E-state index contributed by atoms with van der Waals surface area (Å²) in [5.74, 6) is 0.647. The molecule has 0 N–H and O–H groups in total. The number of rotatable bonds is 6. The van der Waals surface area contributed by atoms with E-state index in [0.717, 1.165) is 55.3 Å². The summed E-state index contributed by atoms with van der Waals surface area (Å²) in [5, 5.41) is 0. The van der Waals surface area contributed by atoms with E-state index in [1.807, 2.05) is 48.5 Å². The third kappa shape index (κ3) is 4.11. The third-order valence-electron chi connectivity index (χ3n) is 8.15. The van der Waals surface area contributed by atoms with Gasteiger partial charge in [0.05, 0.1) is 20.3 Å². The molecule has 3 aromatic rings. The normalized spacial score (nSPS) is 20.0. The SMILES string of the molecule is COc1ccccc1CN1CCN(C2(c3cccc(N4CCOCC4)c3)C(=O)c3ccccc3C2=O)CC1. The molecule has 0 radical (unpaired) electrons. The second-order valence-corrected chi connectivity index (χ2v) is 10.1. The fraction of sp³-hybridized carbons (Fsp3) is 0.355. The van der Waals surface area contributed by atoms with Crippen molar-refractivity contribution in [1.29, 1.82) is 0 Å². The Labute approximate surface area is 223 Å². The molecule has 3 aliphatic rings. The Bertz CT molecular complexity index is 1310. The molecular formula is C31H33N3O4. The highest BCUT2D eigenvalue weighted by Crippen LogP contribution is 2.44. The zero-order valence-corrected chi connectivity index (χ0v) is 21.8. The lowest BCUT2D eigenvalue weighted by atomic mass is 9.82. The summed E-state index contributed by atoms with van der Waals surface area (Å²) >= 11 is 0. The highest BCUT2D eigenvalue weighted by Gasteiger charge is 2.58. The predicted octanol–water partition coefficient (Wildman–Crippen LogP) is 3.62. The number of benzene rings is 3. The Morgan fingerprint density at radius 3 is 2.13 bits per heavy atom. The molecule has 0 unspecified atom stereocenters. The number of methoxy groups -OCH3 is 1. The molecule has 7 nitrogen and oxygen atoms in total. The minimum absolute atomic E-state index is 0.115. The molecule has 0 spiro atoms. The van der Waals surface area contributed by atoms with Gasteiger partial charge in [0.25, 0.3) is 0 Å². The largest absolute Gasteiger partial charge is 0.496 e. The monoisotopic (exact) mass is 511 g/mol. The van der Waals surface area contributed by atoms with Gasteiger partial charge in [-0.15, -0.1) is 0 Å². The highest BCUT2D eigenvalue weighted by molar-refractivity contribution is 6.32. The number of carbonyl (C=O) groups is 2. The van der Waals surface area contributed by atoms with Crippen molar-refractivity contribution in [2.45, 2.75) is 12.1 Å². The number of piperazine rings is 1. The summed E-state index contributed by atoms with van der Waals surface area (Å²) in [6.45, 7) is 6.42. The minimum atomic E-state index is -1.34. The first-order chi connectivity index (χ1) is 18.6. The molecule has 0 atom stereocenters. The van der Waals surface area contributed by atoms with Crippen molar-refractivity contribution in [3.8, 4) is 5.75 Å². The molecule has 7 heteroatoms. The van der Waals surface area contributed by atoms with E-state index in [9.17, 15) is 9.59 Å². The van der Waals surface area contributed by atoms with Gasteiger partial charge in [0, 0.05) is 68.2 Å². The first kappa shape index (κ1) is 24.8. The molecule has 2 saturated heterocycles. The number of morpholine rings is 1. The average Bonchev–Trinajstić information content (AvgIpc) is 3.21. The second-order valence-electron chi connectivity index (χ2n) is 10.1. The van der Waals surface area contributed by atoms with Gasteiger partial charge in [0.15, 0.2) is 17.1 Å². The Morgan fingerprint density at radius 1 is 0.789 bits per heavy atom. The van der Waals surface area contributed by atoms with Crippen LogP contribution in [0.25, 0.3) is 0 Å². The van der Waals surface area contributed by atoms with E-state index >= 15 is 0 Å². The van der Waals surface area contributed by atoms with Crippen molar-refractivity contribution < 1.29 is 19.1 Å². The molecule has 0 saturated carbocycles. The van der Waals surface area contributed by atoms with Gasteiger partial charge in [-0.1, -0.05) is 54.6 Å². The zero-order valence-electron chi connectivity index (χ0n) is 21.8. The topological polar surface area (TPSA) is 62.3 Å². The van der Waals surface area contributed by atoms with E-state index in [4.69, 9.17) is 9.47 Å². The second kappa shape index (κ2) is 10.3. The van der Waals surface area contributed by atoms with Gasteiger partial charge in [-0.2, -0.15) is 0 Å². The van der Waals surface area contributed by atoms with E-state index in [-0.39, 0.29) is 11.6 Å². The average molecular weight is 512 g/mol. The maximum atomic E-state index is 14.2. The van der Waals surface area contributed by atoms with E-state index in [0.29, 0.717) is 37.4 Å². The number of nitrogens with zero attached hydrogens (tertiary/aromatic N) is 3. The van der Waals surface area contributed by atoms with E-state index < -0.39 is 5.54 Å². The number of carbonyl (C=O) groups excluding carboxylic acids is 2. The molecule has 38 heavy (non-hydrogen) atoms. The maximum Gasteiger partial charge on any atom is 0.196 e. The molecule has 2 aliphatic heterocycles. The summed E-state index contributed by atoms with van der Waals surface area (Å²) in [7, 11) is 1.69. The molecule has 2 fully saturated rings. The number of ether oxygens (including phenoxy) is 2. The predicted molar refractivity (Wildman–Crippen MR) is 146 cm³/mol. The zero-order chi connectivity index (χ0) is 26.1. The van der Waals surface area contributed by atoms with Gasteiger partial charge >= 0.3 is 0 Å². The molecule has 2 heterocycles. The number of para-hydroxylation sites is 1. The van der Waals surface area contributed by atoms with Crippen LogP contribution in [0.5, 0.6) is 5.75 Å². The van der Waals surface area contributed by atoms with Gasteiger partial charge in [-0.05, 0) is 23.8 Å². The smallest absolute Gasteiger partial charge is 0.196 e. The number of hydrogen-bond donors (Lipinski definition) is 0. The summed E-state index contributed by atoms with van der Waals surface area (Å²) in [6, 6.07) is 23.4. The molecule has 0 aromatic heterocycles. The van der Waals surface area contributed by atoms with E-state index in [1.54, 1.807) is 19.2 Å². The minimum Gasteiger partial charge on any atom is -0.496 e. The summed E-state index contributed by atoms with van der Waals surface area (Å²) in [5.41, 5.74) is 2.61. The Balaban J connectivity index is 1.33. The number of ketones is 2. The quantitative estimate of drug-likeness (QED) is 0.469. The molecular weight excluding hydrogens is 478 g/mol. The van der Waals surface area contributed by atoms with Gasteiger partial charge in [0.2, 0.25) is 0 Å². The van der Waals surface area contributed by atoms with Crippen LogP contribution in [-0.2, 0) is 16.8 Å². The lowest BCUT2D eigenvalue weighted by Crippen LogP contribution is -2.60. The summed E-state index contributed by atoms with van der Waals surface area (Å²) in [4.78, 5) is 35.2. The standard InChI is InChI=1S/C31H33N3O4/c1-37-28-12-5-2-7-23(28)22-32-13-15-34(16-14-32)31(29(35)26-10-3-4-11-27(26)30(31)36)24-8-6-9-25(21-24)33-17-19-38-20-18-33/h2-12,21H,13-20,22H2,1H3. The summed E-state index contributed by atoms with van der Waals surface area (Å²) in [6.07, 6.45) is 0. The van der Waals surface area contributed by atoms with Gasteiger partial charge in [0.1, 0.15) is 5.75 Å². The van der Waals surface area contributed by atoms with Gasteiger partial charge in [-0.3, -0.25) is 19.4 Å². The molecule has 196 valence electrons. The van der Waals surface area contributed by atoms with Crippen LogP contribution < -0.4 is 9.64 Å². The maximum absolute atomic E-state index is 14.2. The number of Topliss-reactive ketones (excluding diaryl/α,β-unsaturated/α-hetero) is 2. The molecule has 0 bridgehead atoms. The van der Waals surface area contributed by atoms with Gasteiger partial charge < -0.3 is 14.4 Å². The van der Waals surface area contributed by atoms with Crippen molar-refractivity contribution in [2.75, 3.05) is 64.5 Å². The van der Waals surface area contributed by atoms with Crippen LogP contribution in [0.4, 0.5) is 5.69 Å². The Hall–Kier alpha value is -3.52. The first-order valence-electron chi connectivity index (χ1n) is 13.3. The molecule has 0 amide bonds. The molecule has 1 aliphatic carbocycles. The lowest BCUT2D eigenvalue weighted by Gasteiger charge is -2.44. The fourth-order valence-corrected chi connectivity index (χ4v) is 6.17. The number of fused-ring (bicyclic) bond motifs is 1. The van der Waals surface area contributed by atoms with Crippen molar-refractivity contribution in [3.63, 3.8) is 0 Å². The Kier molecular flexibility index (Phi) is 6.74. The van der Waals surface area contributed by atoms with E-state index in [2.05, 4.69) is 26.8 Å². The highest BCUT2D eigenvalue weighted by atomic mass is 16.5. The lowest BCUT2D eigenvalue weighted by molar-refractivity contribution is 0.0278. The number of anilines is 1. The van der Waals surface area contributed by atoms with E-state index in [1.165, 1.54) is 0 Å². The number of hydrogen-bond acceptors (Lipinski definition) is 7. The van der Waals surface area contributed by atoms with Crippen molar-refractivity contribution in [2.24, 2.45) is 0 Å². The first-order valence-corrected chi connectivity index (χ1v) is 13.3. The van der Waals surface area contributed by atoms with Crippen molar-refractivity contribution >= 4 is 17.3 Å². The van der Waals surface area contributed by atoms with Crippen LogP contribution in [0.15, 0.2) is 72.8 Å². The van der Waals surface area contributed by atoms with Crippen LogP contribution >= 0.6 is 0 Å². The third-order valence-corrected chi connectivity index (χ3v) is 8.15. The fourth-order valence-electron chi connectivity index (χ4n) is 6.17. The van der Waals surface area contributed by atoms with Crippen molar-refractivity contribution in [3.05, 3.63) is 95.1 Å². The van der Waals surface area contributed by atoms with Crippen molar-refractivity contribution in [1.82, 2.24) is 9.80 Å². The van der Waals surface area contributed by atoms with Crippen LogP contribution in [0.2, 0.25) is 0 Å². The molecule has 6 rings (SSSR count). The van der Waals surface area contributed by atoms with Crippen LogP contribution in [0, 0.1) is 0 Å². The summed E-state index contributed by atoms with van der Waals surface area (Å²) < 4.78 is 11.1. The van der Waals surface area contributed by atoms with Crippen LogP contribution in [-0.4, -0.2) is 81.0 Å². The van der Waals surface area contributed by atoms with Gasteiger partial charge in [-0.25, -0.2) is 0 Å². The molecule has 3 aromatic carbocycles.